The van der Waals surface area contributed by atoms with Crippen molar-refractivity contribution < 1.29 is 9.00 Å². The summed E-state index contributed by atoms with van der Waals surface area (Å²) in [7, 11) is -0.802. The van der Waals surface area contributed by atoms with E-state index in [2.05, 4.69) is 10.3 Å². The molecule has 1 aromatic heterocycles. The van der Waals surface area contributed by atoms with E-state index >= 15 is 0 Å². The Balaban J connectivity index is 2.33. The minimum Gasteiger partial charge on any atom is -0.351 e. The van der Waals surface area contributed by atoms with Crippen LogP contribution in [0.4, 0.5) is 0 Å². The molecule has 0 aliphatic heterocycles. The van der Waals surface area contributed by atoms with E-state index in [1.54, 1.807) is 11.6 Å². The summed E-state index contributed by atoms with van der Waals surface area (Å²) in [5.41, 5.74) is 5.85. The number of thiazole rings is 1. The second-order valence-electron chi connectivity index (χ2n) is 3.55. The quantitative estimate of drug-likeness (QED) is 0.693. The molecule has 1 rings (SSSR count). The first-order chi connectivity index (χ1) is 8.13. The molecule has 0 aliphatic rings. The van der Waals surface area contributed by atoms with Gasteiger partial charge in [-0.1, -0.05) is 0 Å². The van der Waals surface area contributed by atoms with Gasteiger partial charge in [0.05, 0.1) is 5.01 Å². The lowest BCUT2D eigenvalue weighted by Gasteiger charge is -2.01. The van der Waals surface area contributed by atoms with Gasteiger partial charge in [-0.2, -0.15) is 0 Å². The third kappa shape index (κ3) is 5.38. The summed E-state index contributed by atoms with van der Waals surface area (Å²) in [5.74, 6) is 0.432. The molecule has 0 spiro atoms. The second-order valence-corrected chi connectivity index (χ2v) is 6.05. The van der Waals surface area contributed by atoms with Crippen LogP contribution in [-0.2, 0) is 17.2 Å². The molecule has 0 aromatic carbocycles. The van der Waals surface area contributed by atoms with E-state index < -0.39 is 10.8 Å². The summed E-state index contributed by atoms with van der Waals surface area (Å²) in [4.78, 5) is 15.8. The topological polar surface area (TPSA) is 85.1 Å². The van der Waals surface area contributed by atoms with Gasteiger partial charge in [0.15, 0.2) is 0 Å². The number of nitrogens with one attached hydrogen (secondary N) is 1. The summed E-state index contributed by atoms with van der Waals surface area (Å²) < 4.78 is 10.8. The van der Waals surface area contributed by atoms with Crippen molar-refractivity contribution >= 4 is 28.0 Å². The van der Waals surface area contributed by atoms with Gasteiger partial charge in [-0.15, -0.1) is 11.3 Å². The van der Waals surface area contributed by atoms with Gasteiger partial charge in [0, 0.05) is 41.2 Å². The van der Waals surface area contributed by atoms with Gasteiger partial charge in [-0.25, -0.2) is 4.98 Å². The zero-order chi connectivity index (χ0) is 12.7. The minimum absolute atomic E-state index is 0.175. The highest BCUT2D eigenvalue weighted by atomic mass is 32.2. The zero-order valence-electron chi connectivity index (χ0n) is 9.77. The third-order valence-electron chi connectivity index (χ3n) is 2.04. The number of aromatic nitrogens is 1. The predicted molar refractivity (Wildman–Crippen MR) is 70.8 cm³/mol. The SMILES string of the molecule is CS(=O)CCCNC(=O)c1csc(CCN)n1. The number of nitrogens with zero attached hydrogens (tertiary/aromatic N) is 1. The number of rotatable bonds is 7. The Kier molecular flexibility index (Phi) is 6.31. The van der Waals surface area contributed by atoms with E-state index in [9.17, 15) is 9.00 Å². The normalized spacial score (nSPS) is 12.4. The van der Waals surface area contributed by atoms with E-state index in [4.69, 9.17) is 5.73 Å². The average Bonchev–Trinajstić information content (AvgIpc) is 2.73. The van der Waals surface area contributed by atoms with Gasteiger partial charge in [-0.05, 0) is 13.0 Å². The number of carbonyl (C=O) groups is 1. The van der Waals surface area contributed by atoms with Crippen LogP contribution in [-0.4, -0.2) is 40.2 Å². The van der Waals surface area contributed by atoms with Gasteiger partial charge < -0.3 is 11.1 Å². The predicted octanol–water partition coefficient (Wildman–Crippen LogP) is 0.143. The fraction of sp³-hybridized carbons (Fsp3) is 0.600. The molecule has 1 unspecified atom stereocenters. The van der Waals surface area contributed by atoms with Gasteiger partial charge >= 0.3 is 0 Å². The summed E-state index contributed by atoms with van der Waals surface area (Å²) in [6.07, 6.45) is 3.07. The Morgan fingerprint density at radius 1 is 1.65 bits per heavy atom. The lowest BCUT2D eigenvalue weighted by Crippen LogP contribution is -2.25. The van der Waals surface area contributed by atoms with E-state index in [-0.39, 0.29) is 5.91 Å². The maximum absolute atomic E-state index is 11.6. The van der Waals surface area contributed by atoms with Crippen molar-refractivity contribution in [1.82, 2.24) is 10.3 Å². The maximum Gasteiger partial charge on any atom is 0.270 e. The molecule has 1 heterocycles. The highest BCUT2D eigenvalue weighted by Crippen LogP contribution is 2.09. The monoisotopic (exact) mass is 275 g/mol. The van der Waals surface area contributed by atoms with E-state index in [1.165, 1.54) is 11.3 Å². The van der Waals surface area contributed by atoms with Crippen LogP contribution in [0.1, 0.15) is 21.9 Å². The molecule has 0 bridgehead atoms. The van der Waals surface area contributed by atoms with Crippen molar-refractivity contribution in [2.24, 2.45) is 5.73 Å². The van der Waals surface area contributed by atoms with Crippen molar-refractivity contribution in [2.75, 3.05) is 25.1 Å². The molecular formula is C10H17N3O2S2. The van der Waals surface area contributed by atoms with Crippen LogP contribution < -0.4 is 11.1 Å². The summed E-state index contributed by atoms with van der Waals surface area (Å²) in [6.45, 7) is 1.07. The molecule has 0 fully saturated rings. The van der Waals surface area contributed by atoms with Gasteiger partial charge in [-0.3, -0.25) is 9.00 Å². The first kappa shape index (κ1) is 14.3. The first-order valence-corrected chi connectivity index (χ1v) is 7.97. The van der Waals surface area contributed by atoms with Crippen molar-refractivity contribution in [2.45, 2.75) is 12.8 Å². The molecule has 1 aromatic rings. The van der Waals surface area contributed by atoms with E-state index in [0.717, 1.165) is 5.01 Å². The van der Waals surface area contributed by atoms with E-state index in [1.807, 2.05) is 0 Å². The molecule has 0 saturated carbocycles. The largest absolute Gasteiger partial charge is 0.351 e. The third-order valence-corrected chi connectivity index (χ3v) is 3.81. The van der Waals surface area contributed by atoms with Crippen LogP contribution in [0.2, 0.25) is 0 Å². The van der Waals surface area contributed by atoms with Crippen molar-refractivity contribution in [3.8, 4) is 0 Å². The van der Waals surface area contributed by atoms with E-state index in [0.29, 0.717) is 37.4 Å². The van der Waals surface area contributed by atoms with Gasteiger partial charge in [0.2, 0.25) is 0 Å². The molecule has 1 atom stereocenters. The number of nitrogens with two attached hydrogens (primary N) is 1. The Morgan fingerprint density at radius 3 is 3.06 bits per heavy atom. The summed E-state index contributed by atoms with van der Waals surface area (Å²) >= 11 is 1.45. The van der Waals surface area contributed by atoms with Crippen LogP contribution in [0.3, 0.4) is 0 Å². The summed E-state index contributed by atoms with van der Waals surface area (Å²) in [5, 5.41) is 5.37. The lowest BCUT2D eigenvalue weighted by atomic mass is 10.4. The van der Waals surface area contributed by atoms with Crippen molar-refractivity contribution in [3.05, 3.63) is 16.1 Å². The molecule has 1 amide bonds. The van der Waals surface area contributed by atoms with Gasteiger partial charge in [0.25, 0.3) is 5.91 Å². The second kappa shape index (κ2) is 7.52. The molecule has 7 heteroatoms. The fourth-order valence-corrected chi connectivity index (χ4v) is 2.57. The van der Waals surface area contributed by atoms with Crippen LogP contribution in [0.25, 0.3) is 0 Å². The van der Waals surface area contributed by atoms with Crippen LogP contribution >= 0.6 is 11.3 Å². The fourth-order valence-electron chi connectivity index (χ4n) is 1.22. The number of carbonyl (C=O) groups excluding carboxylic acids is 1. The van der Waals surface area contributed by atoms with Crippen LogP contribution in [0.5, 0.6) is 0 Å². The Hall–Kier alpha value is -0.790. The lowest BCUT2D eigenvalue weighted by molar-refractivity contribution is 0.0949. The highest BCUT2D eigenvalue weighted by Gasteiger charge is 2.09. The number of amides is 1. The first-order valence-electron chi connectivity index (χ1n) is 5.36. The average molecular weight is 275 g/mol. The molecule has 3 N–H and O–H groups in total. The van der Waals surface area contributed by atoms with Crippen LogP contribution in [0, 0.1) is 0 Å². The Labute approximate surface area is 107 Å². The number of hydrogen-bond acceptors (Lipinski definition) is 5. The van der Waals surface area contributed by atoms with Crippen LogP contribution in [0.15, 0.2) is 5.38 Å². The summed E-state index contributed by atoms with van der Waals surface area (Å²) in [6, 6.07) is 0. The zero-order valence-corrected chi connectivity index (χ0v) is 11.4. The maximum atomic E-state index is 11.6. The molecule has 0 aliphatic carbocycles. The smallest absolute Gasteiger partial charge is 0.270 e. The van der Waals surface area contributed by atoms with Crippen molar-refractivity contribution in [1.29, 1.82) is 0 Å². The standard InChI is InChI=1S/C10H17N3O2S2/c1-17(15)6-2-5-12-10(14)8-7-16-9(13-8)3-4-11/h7H,2-6,11H2,1H3,(H,12,14). The minimum atomic E-state index is -0.802. The van der Waals surface area contributed by atoms with Gasteiger partial charge in [0.1, 0.15) is 5.69 Å². The molecule has 96 valence electrons. The number of hydrogen-bond donors (Lipinski definition) is 2. The Morgan fingerprint density at radius 2 is 2.41 bits per heavy atom. The molecule has 5 nitrogen and oxygen atoms in total. The molecule has 0 radical (unpaired) electrons. The molecule has 0 saturated heterocycles. The molecular weight excluding hydrogens is 258 g/mol. The van der Waals surface area contributed by atoms with Crippen molar-refractivity contribution in [3.63, 3.8) is 0 Å². The molecule has 17 heavy (non-hydrogen) atoms. The Bertz CT molecular complexity index is 393. The highest BCUT2D eigenvalue weighted by molar-refractivity contribution is 7.84.